The van der Waals surface area contributed by atoms with Gasteiger partial charge in [0.1, 0.15) is 0 Å². The molecular formula is C15H34O2Si. The van der Waals surface area contributed by atoms with Crippen LogP contribution in [0.5, 0.6) is 0 Å². The van der Waals surface area contributed by atoms with E-state index in [0.29, 0.717) is 0 Å². The number of hydrogen-bond donors (Lipinski definition) is 0. The van der Waals surface area contributed by atoms with Crippen LogP contribution in [-0.2, 0) is 8.85 Å². The van der Waals surface area contributed by atoms with Crippen molar-refractivity contribution >= 4 is 8.56 Å². The molecule has 1 aliphatic carbocycles. The molecule has 0 aromatic rings. The van der Waals surface area contributed by atoms with Crippen molar-refractivity contribution in [3.05, 3.63) is 0 Å². The Bertz CT molecular complexity index is 171. The maximum atomic E-state index is 5.54. The van der Waals surface area contributed by atoms with E-state index in [1.54, 1.807) is 14.2 Å². The largest absolute Gasteiger partial charge is 0.398 e. The average molecular weight is 275 g/mol. The highest BCUT2D eigenvalue weighted by atomic mass is 28.4. The molecule has 2 nitrogen and oxygen atoms in total. The quantitative estimate of drug-likeness (QED) is 0.485. The van der Waals surface area contributed by atoms with E-state index in [4.69, 9.17) is 8.85 Å². The van der Waals surface area contributed by atoms with Gasteiger partial charge in [-0.2, -0.15) is 0 Å². The van der Waals surface area contributed by atoms with Crippen LogP contribution in [0.3, 0.4) is 0 Å². The van der Waals surface area contributed by atoms with Gasteiger partial charge in [-0.15, -0.1) is 0 Å². The van der Waals surface area contributed by atoms with E-state index < -0.39 is 8.56 Å². The Morgan fingerprint density at radius 1 is 0.889 bits per heavy atom. The van der Waals surface area contributed by atoms with Gasteiger partial charge >= 0.3 is 8.56 Å². The van der Waals surface area contributed by atoms with E-state index in [9.17, 15) is 0 Å². The smallest absolute Gasteiger partial charge is 0.337 e. The first-order valence-corrected chi connectivity index (χ1v) is 10.1. The first-order chi connectivity index (χ1) is 8.64. The fourth-order valence-corrected chi connectivity index (χ4v) is 4.83. The second-order valence-corrected chi connectivity index (χ2v) is 9.13. The predicted molar refractivity (Wildman–Crippen MR) is 82.3 cm³/mol. The van der Waals surface area contributed by atoms with E-state index in [1.807, 2.05) is 0 Å². The molecule has 0 amide bonds. The van der Waals surface area contributed by atoms with Gasteiger partial charge in [-0.25, -0.2) is 0 Å². The molecule has 0 aromatic carbocycles. The average Bonchev–Trinajstić information content (AvgIpc) is 2.46. The van der Waals surface area contributed by atoms with Crippen LogP contribution < -0.4 is 0 Å². The summed E-state index contributed by atoms with van der Waals surface area (Å²) in [5.74, 6) is 0. The molecule has 0 atom stereocenters. The van der Waals surface area contributed by atoms with Crippen LogP contribution in [0.25, 0.3) is 0 Å². The fourth-order valence-electron chi connectivity index (χ4n) is 2.54. The molecule has 0 radical (unpaired) electrons. The lowest BCUT2D eigenvalue weighted by atomic mass is 10.0. The highest BCUT2D eigenvalue weighted by Crippen LogP contribution is 2.37. The lowest BCUT2D eigenvalue weighted by Crippen LogP contribution is -2.42. The molecule has 0 N–H and O–H groups in total. The highest BCUT2D eigenvalue weighted by Gasteiger charge is 2.39. The summed E-state index contributed by atoms with van der Waals surface area (Å²) in [6.07, 6.45) is 12.3. The molecular weight excluding hydrogens is 240 g/mol. The standard InChI is InChI=1S/C9H20O2Si.C6H14/c1-10-12(3,11-2)9-7-5-4-6-8-9;1-3-5-6-4-2/h9H,4-8H2,1-3H3;3-6H2,1-2H3. The molecule has 1 fully saturated rings. The summed E-state index contributed by atoms with van der Waals surface area (Å²) in [6, 6.07) is 0. The molecule has 0 aromatic heterocycles. The topological polar surface area (TPSA) is 18.5 Å². The number of hydrogen-bond acceptors (Lipinski definition) is 2. The Balaban J connectivity index is 0.000000411. The monoisotopic (exact) mass is 274 g/mol. The zero-order valence-electron chi connectivity index (χ0n) is 13.3. The predicted octanol–water partition coefficient (Wildman–Crippen LogP) is 5.27. The molecule has 0 heterocycles. The molecule has 3 heteroatoms. The van der Waals surface area contributed by atoms with Crippen LogP contribution in [0.15, 0.2) is 0 Å². The summed E-state index contributed by atoms with van der Waals surface area (Å²) in [5.41, 5.74) is 0.723. The van der Waals surface area contributed by atoms with Crippen molar-refractivity contribution < 1.29 is 8.85 Å². The van der Waals surface area contributed by atoms with Gasteiger partial charge in [-0.3, -0.25) is 0 Å². The normalized spacial score (nSPS) is 17.2. The van der Waals surface area contributed by atoms with Gasteiger partial charge in [0.2, 0.25) is 0 Å². The second-order valence-electron chi connectivity index (χ2n) is 5.47. The summed E-state index contributed by atoms with van der Waals surface area (Å²) in [6.45, 7) is 6.65. The van der Waals surface area contributed by atoms with Crippen molar-refractivity contribution in [2.45, 2.75) is 83.7 Å². The van der Waals surface area contributed by atoms with Crippen LogP contribution in [0, 0.1) is 0 Å². The maximum absolute atomic E-state index is 5.54. The summed E-state index contributed by atoms with van der Waals surface area (Å²) in [5, 5.41) is 0. The molecule has 0 aliphatic heterocycles. The molecule has 110 valence electrons. The minimum atomic E-state index is -1.80. The van der Waals surface area contributed by atoms with Crippen LogP contribution in [-0.4, -0.2) is 22.8 Å². The molecule has 0 unspecified atom stereocenters. The van der Waals surface area contributed by atoms with E-state index in [-0.39, 0.29) is 0 Å². The highest BCUT2D eigenvalue weighted by molar-refractivity contribution is 6.67. The van der Waals surface area contributed by atoms with Gasteiger partial charge in [0.25, 0.3) is 0 Å². The van der Waals surface area contributed by atoms with Gasteiger partial charge < -0.3 is 8.85 Å². The second kappa shape index (κ2) is 11.0. The van der Waals surface area contributed by atoms with E-state index in [1.165, 1.54) is 57.8 Å². The van der Waals surface area contributed by atoms with Crippen LogP contribution in [0.2, 0.25) is 12.1 Å². The van der Waals surface area contributed by atoms with Crippen molar-refractivity contribution in [2.24, 2.45) is 0 Å². The van der Waals surface area contributed by atoms with Gasteiger partial charge in [-0.1, -0.05) is 58.8 Å². The summed E-state index contributed by atoms with van der Waals surface area (Å²) in [4.78, 5) is 0. The summed E-state index contributed by atoms with van der Waals surface area (Å²) >= 11 is 0. The molecule has 1 rings (SSSR count). The van der Waals surface area contributed by atoms with Crippen molar-refractivity contribution in [1.29, 1.82) is 0 Å². The third kappa shape index (κ3) is 6.91. The van der Waals surface area contributed by atoms with Crippen molar-refractivity contribution in [3.63, 3.8) is 0 Å². The molecule has 0 saturated heterocycles. The van der Waals surface area contributed by atoms with Crippen LogP contribution in [0.4, 0.5) is 0 Å². The van der Waals surface area contributed by atoms with Gasteiger partial charge in [-0.05, 0) is 19.4 Å². The lowest BCUT2D eigenvalue weighted by molar-refractivity contribution is 0.224. The lowest BCUT2D eigenvalue weighted by Gasteiger charge is -2.34. The molecule has 0 spiro atoms. The van der Waals surface area contributed by atoms with Crippen molar-refractivity contribution in [1.82, 2.24) is 0 Å². The fraction of sp³-hybridized carbons (Fsp3) is 1.00. The first kappa shape index (κ1) is 18.1. The molecule has 0 bridgehead atoms. The Labute approximate surface area is 116 Å². The third-order valence-electron chi connectivity index (χ3n) is 4.11. The van der Waals surface area contributed by atoms with Crippen molar-refractivity contribution in [2.75, 3.05) is 14.2 Å². The Hall–Kier alpha value is 0.137. The van der Waals surface area contributed by atoms with E-state index in [0.717, 1.165) is 5.54 Å². The number of unbranched alkanes of at least 4 members (excludes halogenated alkanes) is 3. The van der Waals surface area contributed by atoms with Gasteiger partial charge in [0.05, 0.1) is 0 Å². The van der Waals surface area contributed by atoms with Crippen LogP contribution in [0.1, 0.15) is 71.6 Å². The van der Waals surface area contributed by atoms with Crippen LogP contribution >= 0.6 is 0 Å². The summed E-state index contributed by atoms with van der Waals surface area (Å²) in [7, 11) is 1.80. The first-order valence-electron chi connectivity index (χ1n) is 7.74. The zero-order valence-corrected chi connectivity index (χ0v) is 14.3. The summed E-state index contributed by atoms with van der Waals surface area (Å²) < 4.78 is 11.1. The zero-order chi connectivity index (χ0) is 13.9. The SMILES string of the molecule is CCCCCC.CO[Si](C)(OC)C1CCCCC1. The van der Waals surface area contributed by atoms with Gasteiger partial charge in [0.15, 0.2) is 0 Å². The number of rotatable bonds is 6. The minimum Gasteiger partial charge on any atom is -0.398 e. The van der Waals surface area contributed by atoms with E-state index in [2.05, 4.69) is 20.4 Å². The molecule has 1 saturated carbocycles. The maximum Gasteiger partial charge on any atom is 0.337 e. The molecule has 1 aliphatic rings. The third-order valence-corrected chi connectivity index (χ3v) is 7.80. The Morgan fingerprint density at radius 2 is 1.33 bits per heavy atom. The van der Waals surface area contributed by atoms with E-state index >= 15 is 0 Å². The minimum absolute atomic E-state index is 0.723. The van der Waals surface area contributed by atoms with Crippen molar-refractivity contribution in [3.8, 4) is 0 Å². The molecule has 18 heavy (non-hydrogen) atoms. The Morgan fingerprint density at radius 3 is 1.67 bits per heavy atom. The Kier molecular flexibility index (Phi) is 11.1. The van der Waals surface area contributed by atoms with Gasteiger partial charge in [0, 0.05) is 19.8 Å².